The van der Waals surface area contributed by atoms with E-state index in [9.17, 15) is 0 Å². The van der Waals surface area contributed by atoms with Crippen molar-refractivity contribution in [3.8, 4) is 0 Å². The first-order valence-electron chi connectivity index (χ1n) is 5.28. The van der Waals surface area contributed by atoms with Crippen molar-refractivity contribution in [3.05, 3.63) is 35.0 Å². The van der Waals surface area contributed by atoms with Gasteiger partial charge in [-0.25, -0.2) is 0 Å². The van der Waals surface area contributed by atoms with E-state index in [1.807, 2.05) is 22.7 Å². The average molecular weight is 354 g/mol. The number of hydrogen-bond acceptors (Lipinski definition) is 2. The molecule has 3 aromatic rings. The monoisotopic (exact) mass is 355 g/mol. The molecule has 0 unspecified atom stereocenters. The first-order valence-corrected chi connectivity index (χ1v) is 15.6. The number of fused-ring (bicyclic) bond motifs is 3. The minimum atomic E-state index is -0.543. The minimum Gasteiger partial charge on any atom is -0.142 e. The third kappa shape index (κ3) is 2.79. The van der Waals surface area contributed by atoms with Crippen LogP contribution in [0.5, 0.6) is 0 Å². The first-order chi connectivity index (χ1) is 7.68. The van der Waals surface area contributed by atoms with Crippen LogP contribution in [0.4, 0.5) is 0 Å². The topological polar surface area (TPSA) is 0 Å². The van der Waals surface area contributed by atoms with Gasteiger partial charge in [0.05, 0.1) is 9.40 Å². The van der Waals surface area contributed by atoms with Crippen LogP contribution in [0.2, 0.25) is 14.8 Å². The summed E-state index contributed by atoms with van der Waals surface area (Å²) in [7, 11) is 0. The molecule has 0 nitrogen and oxygen atoms in total. The van der Waals surface area contributed by atoms with Crippen LogP contribution in [0.15, 0.2) is 35.0 Å². The summed E-state index contributed by atoms with van der Waals surface area (Å²) in [5.74, 6) is 0. The average Bonchev–Trinajstić information content (AvgIpc) is 2.84. The standard InChI is InChI=1S/C10H6S2.3CH3.Sn/c1-2-8-4-6-12-10(8)9-7(1)3-5-11-9;;;;/h1-6H;3*1H3;. The summed E-state index contributed by atoms with van der Waals surface area (Å²) in [6.07, 6.45) is 0. The fraction of sp³-hybridized carbons (Fsp3) is 0.231. The Morgan fingerprint density at radius 2 is 1.12 bits per heavy atom. The van der Waals surface area contributed by atoms with E-state index < -0.39 is 19.8 Å². The Bertz CT molecular complexity index is 525. The van der Waals surface area contributed by atoms with Gasteiger partial charge in [-0.1, -0.05) is 12.1 Å². The van der Waals surface area contributed by atoms with Gasteiger partial charge < -0.3 is 0 Å². The molecule has 83 valence electrons. The van der Waals surface area contributed by atoms with Crippen molar-refractivity contribution in [2.45, 2.75) is 14.8 Å². The summed E-state index contributed by atoms with van der Waals surface area (Å²) in [6.45, 7) is 0. The van der Waals surface area contributed by atoms with Crippen molar-refractivity contribution < 1.29 is 0 Å². The Morgan fingerprint density at radius 1 is 0.750 bits per heavy atom. The number of rotatable bonds is 0. The Balaban J connectivity index is 0.000000212. The van der Waals surface area contributed by atoms with Gasteiger partial charge in [-0.2, -0.15) is 0 Å². The van der Waals surface area contributed by atoms with Gasteiger partial charge in [-0.15, -0.1) is 22.7 Å². The molecule has 3 heteroatoms. The molecule has 0 saturated carbocycles. The molecule has 3 rings (SSSR count). The Hall–Kier alpha value is -0.0613. The van der Waals surface area contributed by atoms with Crippen molar-refractivity contribution in [1.29, 1.82) is 0 Å². The first kappa shape index (κ1) is 12.4. The van der Waals surface area contributed by atoms with Gasteiger partial charge in [0.25, 0.3) is 0 Å². The molecule has 0 aliphatic carbocycles. The van der Waals surface area contributed by atoms with Crippen molar-refractivity contribution in [2.24, 2.45) is 0 Å². The fourth-order valence-corrected chi connectivity index (χ4v) is 3.43. The van der Waals surface area contributed by atoms with Gasteiger partial charge in [-0.3, -0.25) is 0 Å². The molecule has 0 amide bonds. The molecule has 1 radical (unpaired) electrons. The summed E-state index contributed by atoms with van der Waals surface area (Å²) < 4.78 is 2.87. The van der Waals surface area contributed by atoms with E-state index in [0.717, 1.165) is 0 Å². The molecule has 0 aliphatic heterocycles. The van der Waals surface area contributed by atoms with Gasteiger partial charge in [0, 0.05) is 0 Å². The van der Waals surface area contributed by atoms with Gasteiger partial charge in [0.2, 0.25) is 0 Å². The predicted octanol–water partition coefficient (Wildman–Crippen LogP) is 5.49. The van der Waals surface area contributed by atoms with Crippen LogP contribution in [0.1, 0.15) is 0 Å². The zero-order valence-electron chi connectivity index (χ0n) is 9.78. The molecule has 0 N–H and O–H groups in total. The van der Waals surface area contributed by atoms with Crippen molar-refractivity contribution in [1.82, 2.24) is 0 Å². The molecule has 0 bridgehead atoms. The predicted molar refractivity (Wildman–Crippen MR) is 80.6 cm³/mol. The third-order valence-electron chi connectivity index (χ3n) is 2.04. The second-order valence-electron chi connectivity index (χ2n) is 4.24. The Labute approximate surface area is 112 Å². The number of thiophene rings is 2. The van der Waals surface area contributed by atoms with Crippen LogP contribution in [0.25, 0.3) is 20.2 Å². The molecular formula is C13H15S2Sn. The van der Waals surface area contributed by atoms with E-state index in [1.165, 1.54) is 20.2 Å². The summed E-state index contributed by atoms with van der Waals surface area (Å²) in [4.78, 5) is 7.09. The summed E-state index contributed by atoms with van der Waals surface area (Å²) in [5.41, 5.74) is 0. The van der Waals surface area contributed by atoms with Gasteiger partial charge in [-0.05, 0) is 33.7 Å². The van der Waals surface area contributed by atoms with Gasteiger partial charge in [0.1, 0.15) is 0 Å². The maximum Gasteiger partial charge on any atom is 0.0521 e. The van der Waals surface area contributed by atoms with Crippen molar-refractivity contribution in [3.63, 3.8) is 0 Å². The summed E-state index contributed by atoms with van der Waals surface area (Å²) in [5, 5.41) is 7.05. The smallest absolute Gasteiger partial charge is 0.0521 e. The maximum atomic E-state index is 2.36. The minimum absolute atomic E-state index is 0.543. The molecule has 0 atom stereocenters. The quantitative estimate of drug-likeness (QED) is 0.469. The molecule has 2 heterocycles. The molecular weight excluding hydrogens is 339 g/mol. The van der Waals surface area contributed by atoms with E-state index in [0.29, 0.717) is 0 Å². The SMILES string of the molecule is [CH3][Sn]([CH3])[CH3].c1cc2ccc3ccsc3c2s1. The molecule has 1 aromatic carbocycles. The van der Waals surface area contributed by atoms with Gasteiger partial charge >= 0.3 is 34.6 Å². The number of benzene rings is 1. The molecule has 0 aliphatic rings. The van der Waals surface area contributed by atoms with E-state index in [4.69, 9.17) is 0 Å². The van der Waals surface area contributed by atoms with Gasteiger partial charge in [0.15, 0.2) is 0 Å². The Kier molecular flexibility index (Phi) is 4.27. The summed E-state index contributed by atoms with van der Waals surface area (Å²) in [6, 6.07) is 8.75. The second-order valence-corrected chi connectivity index (χ2v) is 14.6. The molecule has 0 spiro atoms. The third-order valence-corrected chi connectivity index (χ3v) is 4.06. The van der Waals surface area contributed by atoms with Crippen molar-refractivity contribution >= 4 is 62.6 Å². The molecule has 2 aromatic heterocycles. The van der Waals surface area contributed by atoms with Crippen LogP contribution < -0.4 is 0 Å². The second kappa shape index (κ2) is 5.52. The molecule has 16 heavy (non-hydrogen) atoms. The van der Waals surface area contributed by atoms with Crippen molar-refractivity contribution in [2.75, 3.05) is 0 Å². The zero-order valence-corrected chi connectivity index (χ0v) is 14.3. The van der Waals surface area contributed by atoms with Crippen LogP contribution >= 0.6 is 22.7 Å². The zero-order chi connectivity index (χ0) is 11.5. The van der Waals surface area contributed by atoms with E-state index >= 15 is 0 Å². The van der Waals surface area contributed by atoms with E-state index in [2.05, 4.69) is 49.8 Å². The maximum absolute atomic E-state index is 2.36. The van der Waals surface area contributed by atoms with Crippen LogP contribution in [0.3, 0.4) is 0 Å². The van der Waals surface area contributed by atoms with Crippen LogP contribution in [-0.2, 0) is 0 Å². The Morgan fingerprint density at radius 3 is 1.50 bits per heavy atom. The fourth-order valence-electron chi connectivity index (χ4n) is 1.45. The largest absolute Gasteiger partial charge is 0.142 e. The van der Waals surface area contributed by atoms with E-state index in [1.54, 1.807) is 0 Å². The molecule has 0 saturated heterocycles. The summed E-state index contributed by atoms with van der Waals surface area (Å²) >= 11 is 3.12. The van der Waals surface area contributed by atoms with E-state index in [-0.39, 0.29) is 0 Å². The number of hydrogen-bond donors (Lipinski definition) is 0. The van der Waals surface area contributed by atoms with Crippen LogP contribution in [-0.4, -0.2) is 19.8 Å². The van der Waals surface area contributed by atoms with Crippen LogP contribution in [0, 0.1) is 0 Å². The normalized spacial score (nSPS) is 10.8. The molecule has 0 fully saturated rings.